The van der Waals surface area contributed by atoms with Gasteiger partial charge in [-0.15, -0.1) is 0 Å². The van der Waals surface area contributed by atoms with E-state index in [0.29, 0.717) is 0 Å². The summed E-state index contributed by atoms with van der Waals surface area (Å²) in [5.74, 6) is 0. The Hall–Kier alpha value is -2.65. The van der Waals surface area contributed by atoms with Crippen LogP contribution in [0.2, 0.25) is 0 Å². The Bertz CT molecular complexity index is 891. The molecule has 0 saturated heterocycles. The van der Waals surface area contributed by atoms with Crippen LogP contribution in [0.3, 0.4) is 0 Å². The quantitative estimate of drug-likeness (QED) is 0.516. The molecule has 0 aliphatic carbocycles. The van der Waals surface area contributed by atoms with Gasteiger partial charge in [0.2, 0.25) is 0 Å². The van der Waals surface area contributed by atoms with Crippen molar-refractivity contribution in [3.63, 3.8) is 0 Å². The molecule has 21 heavy (non-hydrogen) atoms. The third-order valence-corrected chi connectivity index (χ3v) is 4.17. The highest BCUT2D eigenvalue weighted by atomic mass is 16.1. The number of rotatable bonds is 2. The van der Waals surface area contributed by atoms with Gasteiger partial charge >= 0.3 is 6.41 Å². The molecular weight excluding hydrogens is 260 g/mol. The van der Waals surface area contributed by atoms with E-state index >= 15 is 0 Å². The van der Waals surface area contributed by atoms with Crippen molar-refractivity contribution in [2.45, 2.75) is 0 Å². The molecule has 3 heteroatoms. The van der Waals surface area contributed by atoms with Gasteiger partial charge in [-0.1, -0.05) is 24.3 Å². The second kappa shape index (κ2) is 4.17. The van der Waals surface area contributed by atoms with E-state index in [1.54, 1.807) is 0 Å². The van der Waals surface area contributed by atoms with Crippen LogP contribution in [0.15, 0.2) is 60.9 Å². The number of nitrogens with zero attached hydrogens (tertiary/aromatic N) is 2. The molecule has 3 nitrogen and oxygen atoms in total. The zero-order valence-corrected chi connectivity index (χ0v) is 11.7. The van der Waals surface area contributed by atoms with E-state index in [4.69, 9.17) is 0 Å². The van der Waals surface area contributed by atoms with Crippen LogP contribution >= 0.6 is 0 Å². The molecule has 1 atom stereocenters. The summed E-state index contributed by atoms with van der Waals surface area (Å²) in [4.78, 5) is 12.0. The summed E-state index contributed by atoms with van der Waals surface area (Å²) in [6.45, 7) is 0. The van der Waals surface area contributed by atoms with Crippen LogP contribution in [0.25, 0.3) is 10.9 Å². The summed E-state index contributed by atoms with van der Waals surface area (Å²) in [6.07, 6.45) is 8.05. The first kappa shape index (κ1) is 12.1. The summed E-state index contributed by atoms with van der Waals surface area (Å²) in [5, 5.41) is 1.09. The van der Waals surface area contributed by atoms with E-state index in [1.807, 2.05) is 55.8 Å². The number of quaternary nitrogens is 1. The first-order valence-corrected chi connectivity index (χ1v) is 6.86. The Morgan fingerprint density at radius 1 is 1.05 bits per heavy atom. The molecule has 1 unspecified atom stereocenters. The van der Waals surface area contributed by atoms with Crippen LogP contribution in [0.4, 0.5) is 11.4 Å². The Morgan fingerprint density at radius 3 is 2.67 bits per heavy atom. The van der Waals surface area contributed by atoms with Crippen LogP contribution in [0.5, 0.6) is 0 Å². The zero-order chi connectivity index (χ0) is 14.4. The van der Waals surface area contributed by atoms with Crippen LogP contribution in [0, 0.1) is 6.08 Å². The average molecular weight is 274 g/mol. The molecule has 0 spiro atoms. The molecule has 101 valence electrons. The van der Waals surface area contributed by atoms with Gasteiger partial charge in [0.05, 0.1) is 28.7 Å². The number of fused-ring (bicyclic) bond motifs is 2. The van der Waals surface area contributed by atoms with E-state index in [9.17, 15) is 4.79 Å². The fourth-order valence-electron chi connectivity index (χ4n) is 3.12. The Kier molecular flexibility index (Phi) is 2.41. The largest absolute Gasteiger partial charge is 0.345 e. The first-order valence-electron chi connectivity index (χ1n) is 6.86. The maximum atomic E-state index is 12.0. The first-order chi connectivity index (χ1) is 10.3. The Morgan fingerprint density at radius 2 is 1.81 bits per heavy atom. The lowest BCUT2D eigenvalue weighted by Crippen LogP contribution is -2.34. The smallest absolute Gasteiger partial charge is 0.316 e. The van der Waals surface area contributed by atoms with Crippen LogP contribution in [0.1, 0.15) is 5.56 Å². The number of benzene rings is 2. The normalized spacial score (nSPS) is 19.9. The van der Waals surface area contributed by atoms with Gasteiger partial charge in [-0.2, -0.15) is 4.48 Å². The SMILES string of the molecule is Cn1cc([N+]2(C=O)C=[C]c3ccccc32)c2ccccc21. The van der Waals surface area contributed by atoms with Crippen molar-refractivity contribution >= 4 is 28.7 Å². The van der Waals surface area contributed by atoms with Gasteiger partial charge in [0.1, 0.15) is 6.20 Å². The van der Waals surface area contributed by atoms with Crippen molar-refractivity contribution in [2.24, 2.45) is 7.05 Å². The third kappa shape index (κ3) is 1.49. The standard InChI is InChI=1S/C18H14N2O/c1-19-12-18(15-7-3-4-8-16(15)19)20(13-21)11-10-14-6-2-5-9-17(14)20/h2-9,11-13H,1H3/q+1. The van der Waals surface area contributed by atoms with E-state index in [-0.39, 0.29) is 4.48 Å². The Labute approximate surface area is 122 Å². The van der Waals surface area contributed by atoms with Gasteiger partial charge in [0.15, 0.2) is 11.4 Å². The lowest BCUT2D eigenvalue weighted by molar-refractivity contribution is -0.113. The van der Waals surface area contributed by atoms with Crippen molar-refractivity contribution < 1.29 is 4.79 Å². The molecule has 0 bridgehead atoms. The maximum absolute atomic E-state index is 12.0. The fourth-order valence-corrected chi connectivity index (χ4v) is 3.12. The maximum Gasteiger partial charge on any atom is 0.316 e. The summed E-state index contributed by atoms with van der Waals surface area (Å²) < 4.78 is 2.13. The highest BCUT2D eigenvalue weighted by molar-refractivity contribution is 6.00. The van der Waals surface area contributed by atoms with Gasteiger partial charge < -0.3 is 4.57 Å². The molecule has 3 aromatic rings. The monoisotopic (exact) mass is 274 g/mol. The van der Waals surface area contributed by atoms with Crippen LogP contribution in [-0.4, -0.2) is 11.0 Å². The van der Waals surface area contributed by atoms with Gasteiger partial charge in [-0.3, -0.25) is 0 Å². The number of carbonyl (C=O) groups excluding carboxylic acids is 1. The minimum Gasteiger partial charge on any atom is -0.345 e. The highest BCUT2D eigenvalue weighted by Crippen LogP contribution is 2.44. The number of para-hydroxylation sites is 2. The van der Waals surface area contributed by atoms with Crippen LogP contribution in [-0.2, 0) is 11.8 Å². The molecule has 1 amide bonds. The molecule has 1 aliphatic heterocycles. The summed E-state index contributed by atoms with van der Waals surface area (Å²) in [7, 11) is 2.00. The molecular formula is C18H14N2O+. The molecule has 0 fully saturated rings. The zero-order valence-electron chi connectivity index (χ0n) is 11.7. The molecule has 0 saturated carbocycles. The number of hydrogen-bond acceptors (Lipinski definition) is 1. The summed E-state index contributed by atoms with van der Waals surface area (Å²) in [5.41, 5.74) is 3.99. The van der Waals surface area contributed by atoms with Crippen molar-refractivity contribution in [2.75, 3.05) is 0 Å². The molecule has 1 aromatic heterocycles. The molecule has 1 radical (unpaired) electrons. The second-order valence-electron chi connectivity index (χ2n) is 5.32. The topological polar surface area (TPSA) is 22.0 Å². The van der Waals surface area contributed by atoms with Gasteiger partial charge in [0, 0.05) is 13.1 Å². The lowest BCUT2D eigenvalue weighted by Gasteiger charge is -2.23. The molecule has 4 rings (SSSR count). The van der Waals surface area contributed by atoms with E-state index < -0.39 is 0 Å². The van der Waals surface area contributed by atoms with Gasteiger partial charge in [-0.25, -0.2) is 4.79 Å². The third-order valence-electron chi connectivity index (χ3n) is 4.17. The second-order valence-corrected chi connectivity index (χ2v) is 5.32. The van der Waals surface area contributed by atoms with Crippen molar-refractivity contribution in [3.8, 4) is 0 Å². The fraction of sp³-hybridized carbons (Fsp3) is 0.0556. The molecule has 0 N–H and O–H groups in total. The van der Waals surface area contributed by atoms with Gasteiger partial charge in [-0.05, 0) is 18.2 Å². The number of amides is 1. The van der Waals surface area contributed by atoms with Crippen molar-refractivity contribution in [3.05, 3.63) is 72.6 Å². The summed E-state index contributed by atoms with van der Waals surface area (Å²) in [6, 6.07) is 16.0. The van der Waals surface area contributed by atoms with E-state index in [1.165, 1.54) is 0 Å². The van der Waals surface area contributed by atoms with Crippen molar-refractivity contribution in [1.82, 2.24) is 9.05 Å². The summed E-state index contributed by atoms with van der Waals surface area (Å²) >= 11 is 0. The highest BCUT2D eigenvalue weighted by Gasteiger charge is 2.39. The average Bonchev–Trinajstić information content (AvgIpc) is 3.07. The Balaban J connectivity index is 2.08. The van der Waals surface area contributed by atoms with Crippen molar-refractivity contribution in [1.29, 1.82) is 0 Å². The lowest BCUT2D eigenvalue weighted by atomic mass is 10.1. The number of carbonyl (C=O) groups is 1. The van der Waals surface area contributed by atoms with E-state index in [0.717, 1.165) is 34.3 Å². The molecule has 2 aromatic carbocycles. The molecule has 2 heterocycles. The molecule has 1 aliphatic rings. The van der Waals surface area contributed by atoms with Crippen LogP contribution < -0.4 is 4.48 Å². The van der Waals surface area contributed by atoms with E-state index in [2.05, 4.69) is 22.8 Å². The minimum atomic E-state index is 0.0670. The number of hydrogen-bond donors (Lipinski definition) is 0. The number of aromatic nitrogens is 1. The predicted molar refractivity (Wildman–Crippen MR) is 83.8 cm³/mol. The number of aryl methyl sites for hydroxylation is 1. The van der Waals surface area contributed by atoms with Gasteiger partial charge in [0.25, 0.3) is 0 Å². The minimum absolute atomic E-state index is 0.0670. The predicted octanol–water partition coefficient (Wildman–Crippen LogP) is 3.65.